The van der Waals surface area contributed by atoms with Crippen molar-refractivity contribution in [3.63, 3.8) is 0 Å². The molecule has 0 heterocycles. The Labute approximate surface area is 122 Å². The number of nitrogens with one attached hydrogen (secondary N) is 1. The third kappa shape index (κ3) is 17.7. The summed E-state index contributed by atoms with van der Waals surface area (Å²) >= 11 is 0. The van der Waals surface area contributed by atoms with E-state index in [9.17, 15) is 0 Å². The Morgan fingerprint density at radius 2 is 1.16 bits per heavy atom. The summed E-state index contributed by atoms with van der Waals surface area (Å²) in [6, 6.07) is 0. The van der Waals surface area contributed by atoms with E-state index in [4.69, 9.17) is 0 Å². The number of hydrogen-bond acceptors (Lipinski definition) is 1. The van der Waals surface area contributed by atoms with Gasteiger partial charge in [-0.3, -0.25) is 0 Å². The Morgan fingerprint density at radius 3 is 1.68 bits per heavy atom. The molecule has 113 valence electrons. The molecule has 0 aromatic carbocycles. The lowest BCUT2D eigenvalue weighted by Crippen LogP contribution is -2.03. The van der Waals surface area contributed by atoms with Gasteiger partial charge in [-0.25, -0.2) is 0 Å². The molecule has 0 aliphatic rings. The molecule has 1 radical (unpaired) electrons. The molecule has 0 fully saturated rings. The lowest BCUT2D eigenvalue weighted by atomic mass is 10.1. The summed E-state index contributed by atoms with van der Waals surface area (Å²) in [4.78, 5) is 0. The van der Waals surface area contributed by atoms with Crippen molar-refractivity contribution < 1.29 is 0 Å². The standard InChI is InChI=1S/C18H36N/c1-3-4-5-6-7-8-9-10-11-12-13-14-15-16-17-18-19-2/h10-11,19H,2-9,12-18H2,1H3/b11-10-. The Morgan fingerprint density at radius 1 is 0.684 bits per heavy atom. The summed E-state index contributed by atoms with van der Waals surface area (Å²) < 4.78 is 0. The van der Waals surface area contributed by atoms with Crippen LogP contribution in [0, 0.1) is 7.05 Å². The molecule has 0 saturated carbocycles. The van der Waals surface area contributed by atoms with E-state index in [0.717, 1.165) is 6.54 Å². The highest BCUT2D eigenvalue weighted by atomic mass is 14.8. The van der Waals surface area contributed by atoms with Crippen LogP contribution >= 0.6 is 0 Å². The van der Waals surface area contributed by atoms with Crippen molar-refractivity contribution in [2.45, 2.75) is 90.4 Å². The molecule has 1 heteroatoms. The van der Waals surface area contributed by atoms with E-state index in [1.54, 1.807) is 0 Å². The van der Waals surface area contributed by atoms with Crippen LogP contribution in [-0.4, -0.2) is 6.54 Å². The van der Waals surface area contributed by atoms with Crippen LogP contribution in [0.2, 0.25) is 0 Å². The Balaban J connectivity index is 3.01. The SMILES string of the molecule is [CH2]NCCCCCCC/C=C\CCCCCCCC. The maximum Gasteiger partial charge on any atom is 0.00767 e. The summed E-state index contributed by atoms with van der Waals surface area (Å²) in [5.41, 5.74) is 0. The predicted octanol–water partition coefficient (Wildman–Crippen LogP) is 6.01. The highest BCUT2D eigenvalue weighted by molar-refractivity contribution is 4.81. The zero-order valence-electron chi connectivity index (χ0n) is 13.3. The van der Waals surface area contributed by atoms with Crippen molar-refractivity contribution in [3.05, 3.63) is 19.2 Å². The monoisotopic (exact) mass is 266 g/mol. The van der Waals surface area contributed by atoms with Crippen molar-refractivity contribution in [1.29, 1.82) is 0 Å². The van der Waals surface area contributed by atoms with Crippen LogP contribution in [0.25, 0.3) is 0 Å². The van der Waals surface area contributed by atoms with E-state index in [2.05, 4.69) is 31.4 Å². The summed E-state index contributed by atoms with van der Waals surface area (Å²) in [5, 5.41) is 2.95. The van der Waals surface area contributed by atoms with Crippen LogP contribution in [0.5, 0.6) is 0 Å². The second kappa shape index (κ2) is 17.7. The first-order chi connectivity index (χ1) is 9.41. The number of allylic oxidation sites excluding steroid dienone is 2. The Hall–Kier alpha value is -0.300. The summed E-state index contributed by atoms with van der Waals surface area (Å²) in [6.45, 7) is 3.35. The fourth-order valence-corrected chi connectivity index (χ4v) is 2.32. The molecule has 19 heavy (non-hydrogen) atoms. The molecule has 1 N–H and O–H groups in total. The lowest BCUT2D eigenvalue weighted by Gasteiger charge is -2.00. The molecule has 0 aliphatic heterocycles. The first-order valence-corrected chi connectivity index (χ1v) is 8.56. The summed E-state index contributed by atoms with van der Waals surface area (Å²) in [6.07, 6.45) is 22.6. The molecule has 0 aromatic heterocycles. The van der Waals surface area contributed by atoms with Gasteiger partial charge >= 0.3 is 0 Å². The molecule has 0 amide bonds. The molecule has 0 rings (SSSR count). The quantitative estimate of drug-likeness (QED) is 0.282. The zero-order chi connectivity index (χ0) is 14.0. The van der Waals surface area contributed by atoms with Crippen molar-refractivity contribution >= 4 is 0 Å². The van der Waals surface area contributed by atoms with Gasteiger partial charge in [0.05, 0.1) is 0 Å². The van der Waals surface area contributed by atoms with Gasteiger partial charge in [-0.15, -0.1) is 0 Å². The highest BCUT2D eigenvalue weighted by Crippen LogP contribution is 2.09. The van der Waals surface area contributed by atoms with Gasteiger partial charge in [-0.1, -0.05) is 70.4 Å². The largest absolute Gasteiger partial charge is 0.315 e. The lowest BCUT2D eigenvalue weighted by molar-refractivity contribution is 0.603. The normalized spacial score (nSPS) is 11.5. The van der Waals surface area contributed by atoms with E-state index in [1.807, 2.05) is 0 Å². The van der Waals surface area contributed by atoms with E-state index in [0.29, 0.717) is 0 Å². The third-order valence-electron chi connectivity index (χ3n) is 3.62. The second-order valence-electron chi connectivity index (χ2n) is 5.58. The first-order valence-electron chi connectivity index (χ1n) is 8.56. The Kier molecular flexibility index (Phi) is 17.4. The van der Waals surface area contributed by atoms with Gasteiger partial charge in [0.25, 0.3) is 0 Å². The molecule has 0 spiro atoms. The van der Waals surface area contributed by atoms with E-state index in [-0.39, 0.29) is 0 Å². The van der Waals surface area contributed by atoms with Crippen molar-refractivity contribution in [3.8, 4) is 0 Å². The van der Waals surface area contributed by atoms with Crippen molar-refractivity contribution in [1.82, 2.24) is 5.32 Å². The van der Waals surface area contributed by atoms with Crippen LogP contribution in [-0.2, 0) is 0 Å². The fourth-order valence-electron chi connectivity index (χ4n) is 2.32. The maximum atomic E-state index is 3.63. The third-order valence-corrected chi connectivity index (χ3v) is 3.62. The Bertz CT molecular complexity index is 175. The molecular formula is C18H36N. The van der Waals surface area contributed by atoms with Crippen LogP contribution in [0.3, 0.4) is 0 Å². The van der Waals surface area contributed by atoms with Crippen LogP contribution < -0.4 is 5.32 Å². The van der Waals surface area contributed by atoms with E-state index in [1.165, 1.54) is 83.5 Å². The highest BCUT2D eigenvalue weighted by Gasteiger charge is 1.90. The minimum absolute atomic E-state index is 1.07. The van der Waals surface area contributed by atoms with Gasteiger partial charge in [0.15, 0.2) is 0 Å². The molecular weight excluding hydrogens is 230 g/mol. The molecule has 1 nitrogen and oxygen atoms in total. The second-order valence-corrected chi connectivity index (χ2v) is 5.58. The molecule has 0 aliphatic carbocycles. The van der Waals surface area contributed by atoms with Crippen LogP contribution in [0.4, 0.5) is 0 Å². The van der Waals surface area contributed by atoms with Gasteiger partial charge < -0.3 is 5.32 Å². The molecule has 0 bridgehead atoms. The maximum absolute atomic E-state index is 3.63. The van der Waals surface area contributed by atoms with Gasteiger partial charge in [-0.2, -0.15) is 0 Å². The molecule has 0 unspecified atom stereocenters. The van der Waals surface area contributed by atoms with E-state index < -0.39 is 0 Å². The minimum atomic E-state index is 1.07. The van der Waals surface area contributed by atoms with Crippen molar-refractivity contribution in [2.75, 3.05) is 6.54 Å². The number of hydrogen-bond donors (Lipinski definition) is 1. The van der Waals surface area contributed by atoms with Crippen LogP contribution in [0.1, 0.15) is 90.4 Å². The fraction of sp³-hybridized carbons (Fsp3) is 0.833. The van der Waals surface area contributed by atoms with Crippen LogP contribution in [0.15, 0.2) is 12.2 Å². The number of rotatable bonds is 15. The van der Waals surface area contributed by atoms with Gasteiger partial charge in [0.1, 0.15) is 0 Å². The average molecular weight is 266 g/mol. The number of unbranched alkanes of at least 4 members (excludes halogenated alkanes) is 11. The zero-order valence-corrected chi connectivity index (χ0v) is 13.3. The molecule has 0 atom stereocenters. The minimum Gasteiger partial charge on any atom is -0.315 e. The van der Waals surface area contributed by atoms with Gasteiger partial charge in [-0.05, 0) is 38.6 Å². The summed E-state index contributed by atoms with van der Waals surface area (Å²) in [5.74, 6) is 0. The average Bonchev–Trinajstić information content (AvgIpc) is 2.43. The summed E-state index contributed by atoms with van der Waals surface area (Å²) in [7, 11) is 3.63. The van der Waals surface area contributed by atoms with Gasteiger partial charge in [0.2, 0.25) is 0 Å². The van der Waals surface area contributed by atoms with Crippen molar-refractivity contribution in [2.24, 2.45) is 0 Å². The molecule has 0 saturated heterocycles. The predicted molar refractivity (Wildman–Crippen MR) is 88.2 cm³/mol. The van der Waals surface area contributed by atoms with Gasteiger partial charge in [0, 0.05) is 7.05 Å². The first kappa shape index (κ1) is 18.7. The topological polar surface area (TPSA) is 12.0 Å². The van der Waals surface area contributed by atoms with E-state index >= 15 is 0 Å². The smallest absolute Gasteiger partial charge is 0.00767 e. The molecule has 0 aromatic rings.